The van der Waals surface area contributed by atoms with Crippen LogP contribution in [-0.4, -0.2) is 59.9 Å². The number of morpholine rings is 1. The molecular formula is C17H19FN4O4. The number of methoxy groups -OCH3 is 1. The van der Waals surface area contributed by atoms with Gasteiger partial charge in [-0.25, -0.2) is 4.39 Å². The second-order valence-corrected chi connectivity index (χ2v) is 5.66. The number of halogens is 1. The lowest BCUT2D eigenvalue weighted by atomic mass is 10.1. The summed E-state index contributed by atoms with van der Waals surface area (Å²) >= 11 is 0. The summed E-state index contributed by atoms with van der Waals surface area (Å²) in [6.45, 7) is 2.21. The maximum Gasteiger partial charge on any atom is 0.263 e. The highest BCUT2D eigenvalue weighted by atomic mass is 19.1. The molecule has 0 saturated carbocycles. The first-order chi connectivity index (χ1) is 12.6. The Morgan fingerprint density at radius 3 is 2.81 bits per heavy atom. The van der Waals surface area contributed by atoms with E-state index >= 15 is 0 Å². The van der Waals surface area contributed by atoms with E-state index in [2.05, 4.69) is 10.4 Å². The minimum absolute atomic E-state index is 0.0545. The predicted octanol–water partition coefficient (Wildman–Crippen LogP) is 1.14. The third kappa shape index (κ3) is 3.99. The smallest absolute Gasteiger partial charge is 0.263 e. The minimum atomic E-state index is -0.691. The third-order valence-electron chi connectivity index (χ3n) is 3.97. The molecule has 1 aliphatic heterocycles. The molecule has 0 aliphatic carbocycles. The molecule has 26 heavy (non-hydrogen) atoms. The quantitative estimate of drug-likeness (QED) is 0.862. The molecule has 0 bridgehead atoms. The number of benzene rings is 1. The largest absolute Gasteiger partial charge is 0.496 e. The molecule has 0 unspecified atom stereocenters. The SMILES string of the molecule is COc1cccc(F)c1C(=O)Nc1ccn(CC(=O)N2CCOCC2)n1. The van der Waals surface area contributed by atoms with Gasteiger partial charge in [0, 0.05) is 25.4 Å². The van der Waals surface area contributed by atoms with E-state index in [-0.39, 0.29) is 29.6 Å². The molecule has 138 valence electrons. The van der Waals surface area contributed by atoms with Crippen LogP contribution < -0.4 is 10.1 Å². The summed E-state index contributed by atoms with van der Waals surface area (Å²) in [7, 11) is 1.36. The minimum Gasteiger partial charge on any atom is -0.496 e. The van der Waals surface area contributed by atoms with Gasteiger partial charge in [0.15, 0.2) is 5.82 Å². The number of carbonyl (C=O) groups excluding carboxylic acids is 2. The van der Waals surface area contributed by atoms with E-state index in [1.807, 2.05) is 0 Å². The molecular weight excluding hydrogens is 343 g/mol. The predicted molar refractivity (Wildman–Crippen MR) is 90.5 cm³/mol. The Bertz CT molecular complexity index is 802. The summed E-state index contributed by atoms with van der Waals surface area (Å²) < 4.78 is 25.6. The number of rotatable bonds is 5. The van der Waals surface area contributed by atoms with E-state index < -0.39 is 11.7 Å². The molecule has 1 N–H and O–H groups in total. The summed E-state index contributed by atoms with van der Waals surface area (Å²) in [5, 5.41) is 6.65. The van der Waals surface area contributed by atoms with Gasteiger partial charge in [-0.2, -0.15) is 5.10 Å². The van der Waals surface area contributed by atoms with Crippen molar-refractivity contribution in [2.24, 2.45) is 0 Å². The summed E-state index contributed by atoms with van der Waals surface area (Å²) in [6.07, 6.45) is 1.58. The highest BCUT2D eigenvalue weighted by Gasteiger charge is 2.20. The van der Waals surface area contributed by atoms with Crippen LogP contribution in [0.5, 0.6) is 5.75 Å². The van der Waals surface area contributed by atoms with Crippen molar-refractivity contribution in [2.45, 2.75) is 6.54 Å². The topological polar surface area (TPSA) is 85.7 Å². The fourth-order valence-electron chi connectivity index (χ4n) is 2.64. The van der Waals surface area contributed by atoms with Gasteiger partial charge in [-0.3, -0.25) is 14.3 Å². The summed E-state index contributed by atoms with van der Waals surface area (Å²) in [6, 6.07) is 5.67. The van der Waals surface area contributed by atoms with Crippen LogP contribution >= 0.6 is 0 Å². The van der Waals surface area contributed by atoms with E-state index in [0.29, 0.717) is 26.3 Å². The van der Waals surface area contributed by atoms with Crippen LogP contribution in [-0.2, 0) is 16.1 Å². The Balaban J connectivity index is 1.65. The lowest BCUT2D eigenvalue weighted by Gasteiger charge is -2.26. The van der Waals surface area contributed by atoms with Gasteiger partial charge in [-0.05, 0) is 12.1 Å². The first-order valence-electron chi connectivity index (χ1n) is 8.11. The molecule has 1 fully saturated rings. The Hall–Kier alpha value is -2.94. The number of hydrogen-bond donors (Lipinski definition) is 1. The first-order valence-corrected chi connectivity index (χ1v) is 8.11. The molecule has 1 aromatic heterocycles. The zero-order valence-electron chi connectivity index (χ0n) is 14.3. The van der Waals surface area contributed by atoms with E-state index in [1.165, 1.54) is 36.1 Å². The van der Waals surface area contributed by atoms with E-state index in [4.69, 9.17) is 9.47 Å². The van der Waals surface area contributed by atoms with Crippen LogP contribution in [0, 0.1) is 5.82 Å². The Labute approximate surface area is 149 Å². The molecule has 9 heteroatoms. The summed E-state index contributed by atoms with van der Waals surface area (Å²) in [5.41, 5.74) is -0.200. The van der Waals surface area contributed by atoms with Crippen molar-refractivity contribution >= 4 is 17.6 Å². The molecule has 1 aromatic carbocycles. The monoisotopic (exact) mass is 362 g/mol. The number of nitrogens with one attached hydrogen (secondary N) is 1. The highest BCUT2D eigenvalue weighted by molar-refractivity contribution is 6.05. The molecule has 0 atom stereocenters. The summed E-state index contributed by atoms with van der Waals surface area (Å²) in [5.74, 6) is -1.10. The molecule has 8 nitrogen and oxygen atoms in total. The fourth-order valence-corrected chi connectivity index (χ4v) is 2.64. The number of anilines is 1. The van der Waals surface area contributed by atoms with Gasteiger partial charge in [0.1, 0.15) is 23.7 Å². The number of nitrogens with zero attached hydrogens (tertiary/aromatic N) is 3. The second-order valence-electron chi connectivity index (χ2n) is 5.66. The van der Waals surface area contributed by atoms with Crippen molar-refractivity contribution in [1.82, 2.24) is 14.7 Å². The summed E-state index contributed by atoms with van der Waals surface area (Å²) in [4.78, 5) is 26.2. The number of hydrogen-bond acceptors (Lipinski definition) is 5. The molecule has 2 amide bonds. The molecule has 1 saturated heterocycles. The standard InChI is InChI=1S/C17H19FN4O4/c1-25-13-4-2-3-12(18)16(13)17(24)19-14-5-6-22(20-14)11-15(23)21-7-9-26-10-8-21/h2-6H,7-11H2,1H3,(H,19,20,24). The van der Waals surface area contributed by atoms with Gasteiger partial charge < -0.3 is 19.7 Å². The van der Waals surface area contributed by atoms with Crippen molar-refractivity contribution in [3.05, 3.63) is 41.8 Å². The van der Waals surface area contributed by atoms with Crippen LogP contribution in [0.1, 0.15) is 10.4 Å². The van der Waals surface area contributed by atoms with Gasteiger partial charge in [0.25, 0.3) is 5.91 Å². The first kappa shape index (κ1) is 17.9. The number of aromatic nitrogens is 2. The Kier molecular flexibility index (Phi) is 5.47. The zero-order valence-corrected chi connectivity index (χ0v) is 14.3. The van der Waals surface area contributed by atoms with Gasteiger partial charge >= 0.3 is 0 Å². The van der Waals surface area contributed by atoms with Crippen molar-refractivity contribution in [3.63, 3.8) is 0 Å². The average molecular weight is 362 g/mol. The normalized spacial score (nSPS) is 14.2. The van der Waals surface area contributed by atoms with Crippen molar-refractivity contribution < 1.29 is 23.5 Å². The molecule has 3 rings (SSSR count). The third-order valence-corrected chi connectivity index (χ3v) is 3.97. The maximum atomic E-state index is 13.9. The lowest BCUT2D eigenvalue weighted by molar-refractivity contribution is -0.136. The Morgan fingerprint density at radius 1 is 1.31 bits per heavy atom. The average Bonchev–Trinajstić information content (AvgIpc) is 3.08. The molecule has 0 radical (unpaired) electrons. The number of amides is 2. The van der Waals surface area contributed by atoms with Crippen LogP contribution in [0.25, 0.3) is 0 Å². The second kappa shape index (κ2) is 7.96. The molecule has 2 aromatic rings. The number of ether oxygens (including phenoxy) is 2. The van der Waals surface area contributed by atoms with E-state index in [1.54, 1.807) is 11.1 Å². The van der Waals surface area contributed by atoms with Crippen LogP contribution in [0.4, 0.5) is 10.2 Å². The van der Waals surface area contributed by atoms with Crippen molar-refractivity contribution in [2.75, 3.05) is 38.7 Å². The van der Waals surface area contributed by atoms with E-state index in [9.17, 15) is 14.0 Å². The van der Waals surface area contributed by atoms with Gasteiger partial charge in [-0.1, -0.05) is 6.07 Å². The molecule has 1 aliphatic rings. The zero-order chi connectivity index (χ0) is 18.5. The van der Waals surface area contributed by atoms with Gasteiger partial charge in [0.05, 0.1) is 20.3 Å². The maximum absolute atomic E-state index is 13.9. The van der Waals surface area contributed by atoms with Gasteiger partial charge in [-0.15, -0.1) is 0 Å². The van der Waals surface area contributed by atoms with Gasteiger partial charge in [0.2, 0.25) is 5.91 Å². The van der Waals surface area contributed by atoms with Crippen molar-refractivity contribution in [1.29, 1.82) is 0 Å². The van der Waals surface area contributed by atoms with Crippen LogP contribution in [0.2, 0.25) is 0 Å². The lowest BCUT2D eigenvalue weighted by Crippen LogP contribution is -2.42. The van der Waals surface area contributed by atoms with E-state index in [0.717, 1.165) is 0 Å². The molecule has 0 spiro atoms. The Morgan fingerprint density at radius 2 is 2.08 bits per heavy atom. The highest BCUT2D eigenvalue weighted by Crippen LogP contribution is 2.22. The van der Waals surface area contributed by atoms with Crippen LogP contribution in [0.3, 0.4) is 0 Å². The van der Waals surface area contributed by atoms with Crippen molar-refractivity contribution in [3.8, 4) is 5.75 Å². The fraction of sp³-hybridized carbons (Fsp3) is 0.353. The number of carbonyl (C=O) groups is 2. The van der Waals surface area contributed by atoms with Crippen LogP contribution in [0.15, 0.2) is 30.5 Å². The molecule has 2 heterocycles.